The molecular formula is C16H17NO4S. The summed E-state index contributed by atoms with van der Waals surface area (Å²) in [6, 6.07) is 11.4. The summed E-state index contributed by atoms with van der Waals surface area (Å²) in [5, 5.41) is 11.2. The molecule has 0 atom stereocenters. The van der Waals surface area contributed by atoms with Crippen LogP contribution in [-0.4, -0.2) is 19.6 Å². The van der Waals surface area contributed by atoms with Crippen molar-refractivity contribution in [3.05, 3.63) is 58.1 Å². The topological polar surface area (TPSA) is 77.3 Å². The third-order valence-electron chi connectivity index (χ3n) is 3.46. The number of nitro benzene ring substituents is 1. The van der Waals surface area contributed by atoms with E-state index >= 15 is 0 Å². The molecule has 5 nitrogen and oxygen atoms in total. The molecule has 0 aliphatic rings. The summed E-state index contributed by atoms with van der Waals surface area (Å²) in [5.74, 6) is 0.0575. The van der Waals surface area contributed by atoms with E-state index in [2.05, 4.69) is 0 Å². The fourth-order valence-corrected chi connectivity index (χ4v) is 2.89. The van der Waals surface area contributed by atoms with Crippen LogP contribution in [0.15, 0.2) is 47.4 Å². The van der Waals surface area contributed by atoms with E-state index in [4.69, 9.17) is 0 Å². The van der Waals surface area contributed by atoms with Crippen molar-refractivity contribution in [2.75, 3.05) is 6.26 Å². The highest BCUT2D eigenvalue weighted by atomic mass is 32.2. The number of nitrogens with zero attached hydrogens (tertiary/aromatic N) is 1. The molecule has 0 bridgehead atoms. The number of rotatable bonds is 4. The van der Waals surface area contributed by atoms with Gasteiger partial charge in [0.15, 0.2) is 9.84 Å². The van der Waals surface area contributed by atoms with Gasteiger partial charge in [-0.3, -0.25) is 10.1 Å². The van der Waals surface area contributed by atoms with Crippen molar-refractivity contribution in [2.24, 2.45) is 0 Å². The Morgan fingerprint density at radius 1 is 1.00 bits per heavy atom. The first-order valence-corrected chi connectivity index (χ1v) is 8.68. The molecule has 6 heteroatoms. The quantitative estimate of drug-likeness (QED) is 0.634. The maximum Gasteiger partial charge on any atom is 0.273 e. The largest absolute Gasteiger partial charge is 0.273 e. The molecule has 2 rings (SSSR count). The molecule has 0 unspecified atom stereocenters. The van der Waals surface area contributed by atoms with Gasteiger partial charge in [-0.25, -0.2) is 8.42 Å². The van der Waals surface area contributed by atoms with Crippen molar-refractivity contribution in [2.45, 2.75) is 24.7 Å². The summed E-state index contributed by atoms with van der Waals surface area (Å²) in [5.41, 5.74) is 2.20. The minimum Gasteiger partial charge on any atom is -0.258 e. The summed E-state index contributed by atoms with van der Waals surface area (Å²) in [4.78, 5) is 11.1. The highest BCUT2D eigenvalue weighted by Crippen LogP contribution is 2.31. The fourth-order valence-electron chi connectivity index (χ4n) is 2.26. The third kappa shape index (κ3) is 3.33. The van der Waals surface area contributed by atoms with Crippen molar-refractivity contribution in [3.8, 4) is 11.1 Å². The number of benzene rings is 2. The number of sulfone groups is 1. The molecule has 0 saturated carbocycles. The SMILES string of the molecule is CC(C)c1ccc(-c2ccc(S(C)(=O)=O)cc2)cc1[N+](=O)[O-]. The van der Waals surface area contributed by atoms with Gasteiger partial charge in [0, 0.05) is 17.9 Å². The van der Waals surface area contributed by atoms with Crippen LogP contribution in [0.3, 0.4) is 0 Å². The summed E-state index contributed by atoms with van der Waals surface area (Å²) >= 11 is 0. The Morgan fingerprint density at radius 2 is 1.55 bits per heavy atom. The lowest BCUT2D eigenvalue weighted by Gasteiger charge is -2.09. The van der Waals surface area contributed by atoms with Gasteiger partial charge in [0.25, 0.3) is 5.69 Å². The standard InChI is InChI=1S/C16H17NO4S/c1-11(2)15-9-6-13(10-16(15)17(18)19)12-4-7-14(8-5-12)22(3,20)21/h4-11H,1-3H3. The first-order valence-electron chi connectivity index (χ1n) is 6.79. The van der Waals surface area contributed by atoms with Gasteiger partial charge in [-0.2, -0.15) is 0 Å². The number of hydrogen-bond donors (Lipinski definition) is 0. The van der Waals surface area contributed by atoms with E-state index < -0.39 is 9.84 Å². The molecule has 0 radical (unpaired) electrons. The Hall–Kier alpha value is -2.21. The molecule has 0 spiro atoms. The van der Waals surface area contributed by atoms with Gasteiger partial charge in [-0.1, -0.05) is 38.1 Å². The Labute approximate surface area is 129 Å². The molecule has 22 heavy (non-hydrogen) atoms. The lowest BCUT2D eigenvalue weighted by molar-refractivity contribution is -0.385. The predicted octanol–water partition coefficient (Wildman–Crippen LogP) is 3.79. The highest BCUT2D eigenvalue weighted by Gasteiger charge is 2.17. The van der Waals surface area contributed by atoms with E-state index in [0.717, 1.165) is 11.8 Å². The van der Waals surface area contributed by atoms with E-state index in [1.54, 1.807) is 18.2 Å². The second-order valence-corrected chi connectivity index (χ2v) is 7.50. The second-order valence-electron chi connectivity index (χ2n) is 5.48. The van der Waals surface area contributed by atoms with E-state index in [-0.39, 0.29) is 21.4 Å². The predicted molar refractivity (Wildman–Crippen MR) is 85.7 cm³/mol. The molecule has 0 aromatic heterocycles. The number of nitro groups is 1. The molecule has 116 valence electrons. The Morgan fingerprint density at radius 3 is 2.00 bits per heavy atom. The molecular weight excluding hydrogens is 302 g/mol. The first kappa shape index (κ1) is 16.2. The minimum atomic E-state index is -3.25. The van der Waals surface area contributed by atoms with Crippen LogP contribution in [0.5, 0.6) is 0 Å². The minimum absolute atomic E-state index is 0.0575. The van der Waals surface area contributed by atoms with Gasteiger partial charge in [0.2, 0.25) is 0 Å². The molecule has 0 saturated heterocycles. The average Bonchev–Trinajstić information content (AvgIpc) is 2.45. The van der Waals surface area contributed by atoms with Crippen LogP contribution in [0.2, 0.25) is 0 Å². The van der Waals surface area contributed by atoms with E-state index in [1.807, 2.05) is 19.9 Å². The molecule has 0 N–H and O–H groups in total. The van der Waals surface area contributed by atoms with Crippen LogP contribution in [0, 0.1) is 10.1 Å². The molecule has 2 aromatic carbocycles. The van der Waals surface area contributed by atoms with E-state index in [0.29, 0.717) is 11.1 Å². The third-order valence-corrected chi connectivity index (χ3v) is 4.59. The summed E-state index contributed by atoms with van der Waals surface area (Å²) in [7, 11) is -3.25. The van der Waals surface area contributed by atoms with E-state index in [9.17, 15) is 18.5 Å². The lowest BCUT2D eigenvalue weighted by Crippen LogP contribution is -1.98. The van der Waals surface area contributed by atoms with Crippen LogP contribution in [0.25, 0.3) is 11.1 Å². The maximum absolute atomic E-state index is 11.5. The highest BCUT2D eigenvalue weighted by molar-refractivity contribution is 7.90. The average molecular weight is 319 g/mol. The Balaban J connectivity index is 2.49. The second kappa shape index (κ2) is 5.88. The maximum atomic E-state index is 11.5. The van der Waals surface area contributed by atoms with Crippen molar-refractivity contribution >= 4 is 15.5 Å². The summed E-state index contributed by atoms with van der Waals surface area (Å²) in [6.45, 7) is 3.81. The van der Waals surface area contributed by atoms with Gasteiger partial charge in [0.05, 0.1) is 9.82 Å². The van der Waals surface area contributed by atoms with Crippen LogP contribution in [0.1, 0.15) is 25.3 Å². The fraction of sp³-hybridized carbons (Fsp3) is 0.250. The van der Waals surface area contributed by atoms with Gasteiger partial charge < -0.3 is 0 Å². The smallest absolute Gasteiger partial charge is 0.258 e. The summed E-state index contributed by atoms with van der Waals surface area (Å²) < 4.78 is 22.9. The molecule has 0 fully saturated rings. The van der Waals surface area contributed by atoms with Crippen molar-refractivity contribution in [1.29, 1.82) is 0 Å². The van der Waals surface area contributed by atoms with Crippen LogP contribution < -0.4 is 0 Å². The molecule has 0 aliphatic carbocycles. The van der Waals surface area contributed by atoms with Gasteiger partial charge in [-0.05, 0) is 29.2 Å². The van der Waals surface area contributed by atoms with Gasteiger partial charge >= 0.3 is 0 Å². The zero-order valence-corrected chi connectivity index (χ0v) is 13.4. The van der Waals surface area contributed by atoms with Gasteiger partial charge in [0.1, 0.15) is 0 Å². The molecule has 2 aromatic rings. The zero-order chi connectivity index (χ0) is 16.5. The first-order chi connectivity index (χ1) is 10.2. The van der Waals surface area contributed by atoms with Crippen molar-refractivity contribution < 1.29 is 13.3 Å². The normalized spacial score (nSPS) is 11.6. The van der Waals surface area contributed by atoms with Crippen molar-refractivity contribution in [1.82, 2.24) is 0 Å². The molecule has 0 amide bonds. The van der Waals surface area contributed by atoms with Crippen molar-refractivity contribution in [3.63, 3.8) is 0 Å². The van der Waals surface area contributed by atoms with Gasteiger partial charge in [-0.15, -0.1) is 0 Å². The number of hydrogen-bond acceptors (Lipinski definition) is 4. The zero-order valence-electron chi connectivity index (χ0n) is 12.6. The Bertz CT molecular complexity index is 809. The summed E-state index contributed by atoms with van der Waals surface area (Å²) in [6.07, 6.45) is 1.14. The van der Waals surface area contributed by atoms with Crippen LogP contribution in [0.4, 0.5) is 5.69 Å². The monoisotopic (exact) mass is 319 g/mol. The lowest BCUT2D eigenvalue weighted by atomic mass is 9.97. The van der Waals surface area contributed by atoms with Crippen LogP contribution in [-0.2, 0) is 9.84 Å². The molecule has 0 heterocycles. The van der Waals surface area contributed by atoms with E-state index in [1.165, 1.54) is 18.2 Å². The molecule has 0 aliphatic heterocycles. The Kier molecular flexibility index (Phi) is 4.32. The van der Waals surface area contributed by atoms with Crippen LogP contribution >= 0.6 is 0 Å².